The number of hydrogen-bond acceptors (Lipinski definition) is 4. The summed E-state index contributed by atoms with van der Waals surface area (Å²) in [6.07, 6.45) is 3.18. The number of fused-ring (bicyclic) bond motifs is 2. The minimum Gasteiger partial charge on any atom is -0.512 e. The molecule has 3 aromatic carbocycles. The summed E-state index contributed by atoms with van der Waals surface area (Å²) in [6, 6.07) is 24.3. The number of benzene rings is 3. The first-order valence-electron chi connectivity index (χ1n) is 13.2. The molecule has 1 heterocycles. The fraction of sp³-hybridized carbons (Fsp3) is 0.324. The Labute approximate surface area is 253 Å². The number of pyridine rings is 1. The summed E-state index contributed by atoms with van der Waals surface area (Å²) in [7, 11) is -1.37. The average molecular weight is 728 g/mol. The molecule has 4 nitrogen and oxygen atoms in total. The third kappa shape index (κ3) is 7.98. The molecule has 0 saturated heterocycles. The zero-order chi connectivity index (χ0) is 29.2. The van der Waals surface area contributed by atoms with Crippen LogP contribution in [-0.2, 0) is 24.9 Å². The molecule has 4 aromatic rings. The van der Waals surface area contributed by atoms with Gasteiger partial charge in [0.25, 0.3) is 0 Å². The van der Waals surface area contributed by atoms with E-state index in [4.69, 9.17) is 0 Å². The molecule has 0 spiro atoms. The standard InChI is InChI=1S/C23H19N2Si.C11H20O2.Ir/c1-26(2,3)20-8-9-22-17(14-20)10-11-25-23(22)18-12-16-6-4-5-7-21(16)19(13-18)15-24;1-10(2,3)8(12)7-9(13)11(4,5)6;/h4-11,13-14H,1-3H3;7,12H,1-6H3;/q-1;;/b;8-7-;. The molecule has 4 rings (SSSR count). The third-order valence-electron chi connectivity index (χ3n) is 6.56. The number of aliphatic hydroxyl groups excluding tert-OH is 1. The molecule has 6 heteroatoms. The summed E-state index contributed by atoms with van der Waals surface area (Å²) in [6.45, 7) is 18.2. The molecule has 1 radical (unpaired) electrons. The van der Waals surface area contributed by atoms with Crippen molar-refractivity contribution < 1.29 is 30.0 Å². The van der Waals surface area contributed by atoms with Gasteiger partial charge in [-0.15, -0.1) is 23.6 Å². The van der Waals surface area contributed by atoms with Gasteiger partial charge in [-0.3, -0.25) is 9.78 Å². The van der Waals surface area contributed by atoms with Gasteiger partial charge in [0.05, 0.1) is 14.1 Å². The van der Waals surface area contributed by atoms with Gasteiger partial charge in [0, 0.05) is 48.9 Å². The number of allylic oxidation sites excluding steroid dienone is 2. The smallest absolute Gasteiger partial charge is 0.164 e. The van der Waals surface area contributed by atoms with Crippen molar-refractivity contribution in [1.29, 1.82) is 5.26 Å². The molecule has 0 atom stereocenters. The Hall–Kier alpha value is -3.10. The van der Waals surface area contributed by atoms with Gasteiger partial charge in [-0.1, -0.05) is 114 Å². The molecule has 0 unspecified atom stereocenters. The number of aliphatic hydroxyl groups is 1. The van der Waals surface area contributed by atoms with Crippen molar-refractivity contribution in [3.05, 3.63) is 84.3 Å². The Bertz CT molecular complexity index is 1600. The number of rotatable bonds is 3. The summed E-state index contributed by atoms with van der Waals surface area (Å²) < 4.78 is 0. The minimum atomic E-state index is -1.37. The second kappa shape index (κ2) is 12.6. The number of nitriles is 1. The van der Waals surface area contributed by atoms with Crippen LogP contribution in [0.25, 0.3) is 32.8 Å². The topological polar surface area (TPSA) is 74.0 Å². The first kappa shape index (κ1) is 33.1. The van der Waals surface area contributed by atoms with Crippen LogP contribution in [0.15, 0.2) is 72.6 Å². The van der Waals surface area contributed by atoms with E-state index in [1.807, 2.05) is 78.1 Å². The fourth-order valence-electron chi connectivity index (χ4n) is 3.87. The summed E-state index contributed by atoms with van der Waals surface area (Å²) in [5.74, 6) is 0.104. The Morgan fingerprint density at radius 2 is 1.60 bits per heavy atom. The average Bonchev–Trinajstić information content (AvgIpc) is 2.86. The van der Waals surface area contributed by atoms with E-state index in [1.54, 1.807) is 0 Å². The van der Waals surface area contributed by atoms with Crippen molar-refractivity contribution in [3.63, 3.8) is 0 Å². The maximum atomic E-state index is 11.5. The SMILES string of the molecule is CC(C)(C)C(=O)/C=C(\O)C(C)(C)C.C[Si](C)(C)c1ccc2c(-c3[c-]c4ccccc4c(C#N)c3)nccc2c1.[Ir]. The van der Waals surface area contributed by atoms with Gasteiger partial charge in [-0.25, -0.2) is 0 Å². The summed E-state index contributed by atoms with van der Waals surface area (Å²) in [4.78, 5) is 16.1. The Kier molecular flexibility index (Phi) is 10.4. The third-order valence-corrected chi connectivity index (χ3v) is 8.60. The molecule has 0 amide bonds. The molecule has 1 aromatic heterocycles. The molecule has 0 bridgehead atoms. The van der Waals surface area contributed by atoms with E-state index in [2.05, 4.69) is 61.0 Å². The van der Waals surface area contributed by atoms with E-state index in [0.717, 1.165) is 27.4 Å². The predicted octanol–water partition coefficient (Wildman–Crippen LogP) is 8.36. The normalized spacial score (nSPS) is 12.2. The van der Waals surface area contributed by atoms with E-state index in [-0.39, 0.29) is 37.1 Å². The van der Waals surface area contributed by atoms with Gasteiger partial charge < -0.3 is 5.11 Å². The summed E-state index contributed by atoms with van der Waals surface area (Å²) >= 11 is 0. The fourth-order valence-corrected chi connectivity index (χ4v) is 5.04. The Morgan fingerprint density at radius 1 is 0.950 bits per heavy atom. The molecule has 40 heavy (non-hydrogen) atoms. The van der Waals surface area contributed by atoms with Gasteiger partial charge in [-0.05, 0) is 22.4 Å². The van der Waals surface area contributed by atoms with Gasteiger partial charge >= 0.3 is 0 Å². The minimum absolute atomic E-state index is 0. The molecular weight excluding hydrogens is 689 g/mol. The van der Waals surface area contributed by atoms with Crippen molar-refractivity contribution in [2.75, 3.05) is 0 Å². The van der Waals surface area contributed by atoms with E-state index in [9.17, 15) is 15.2 Å². The molecule has 0 aliphatic carbocycles. The van der Waals surface area contributed by atoms with E-state index in [0.29, 0.717) is 5.56 Å². The van der Waals surface area contributed by atoms with Crippen LogP contribution in [-0.4, -0.2) is 23.9 Å². The largest absolute Gasteiger partial charge is 0.512 e. The van der Waals surface area contributed by atoms with Crippen LogP contribution in [0.3, 0.4) is 0 Å². The van der Waals surface area contributed by atoms with Crippen LogP contribution < -0.4 is 5.19 Å². The molecular formula is C34H39IrN2O2Si-. The van der Waals surface area contributed by atoms with E-state index >= 15 is 0 Å². The second-order valence-electron chi connectivity index (χ2n) is 13.0. The number of carbonyl (C=O) groups excluding carboxylic acids is 1. The van der Waals surface area contributed by atoms with E-state index < -0.39 is 13.5 Å². The molecule has 0 saturated carbocycles. The van der Waals surface area contributed by atoms with Crippen molar-refractivity contribution in [3.8, 4) is 17.3 Å². The number of nitrogens with zero attached hydrogens (tertiary/aromatic N) is 2. The summed E-state index contributed by atoms with van der Waals surface area (Å²) in [5, 5.41) is 24.7. The van der Waals surface area contributed by atoms with Gasteiger partial charge in [0.2, 0.25) is 0 Å². The first-order valence-corrected chi connectivity index (χ1v) is 16.7. The van der Waals surface area contributed by atoms with Gasteiger partial charge in [0.1, 0.15) is 5.76 Å². The monoisotopic (exact) mass is 728 g/mol. The summed E-state index contributed by atoms with van der Waals surface area (Å²) in [5.41, 5.74) is 1.64. The Balaban J connectivity index is 0.000000344. The van der Waals surface area contributed by atoms with Crippen LogP contribution in [0.2, 0.25) is 19.6 Å². The maximum absolute atomic E-state index is 11.5. The van der Waals surface area contributed by atoms with Crippen LogP contribution >= 0.6 is 0 Å². The van der Waals surface area contributed by atoms with Crippen LogP contribution in [0, 0.1) is 28.2 Å². The van der Waals surface area contributed by atoms with Gasteiger partial charge in [0.15, 0.2) is 5.78 Å². The number of carbonyl (C=O) groups is 1. The van der Waals surface area contributed by atoms with Crippen LogP contribution in [0.1, 0.15) is 47.1 Å². The maximum Gasteiger partial charge on any atom is 0.164 e. The first-order chi connectivity index (χ1) is 18.0. The molecule has 0 fully saturated rings. The van der Waals surface area contributed by atoms with E-state index in [1.165, 1.54) is 16.6 Å². The second-order valence-corrected chi connectivity index (χ2v) is 18.1. The van der Waals surface area contributed by atoms with Crippen molar-refractivity contribution in [2.45, 2.75) is 61.2 Å². The molecule has 0 aliphatic rings. The van der Waals surface area contributed by atoms with Crippen LogP contribution in [0.4, 0.5) is 0 Å². The van der Waals surface area contributed by atoms with Crippen molar-refractivity contribution in [1.82, 2.24) is 4.98 Å². The molecule has 1 N–H and O–H groups in total. The van der Waals surface area contributed by atoms with Crippen LogP contribution in [0.5, 0.6) is 0 Å². The number of hydrogen-bond donors (Lipinski definition) is 1. The van der Waals surface area contributed by atoms with Crippen molar-refractivity contribution >= 4 is 40.6 Å². The Morgan fingerprint density at radius 3 is 2.17 bits per heavy atom. The zero-order valence-electron chi connectivity index (χ0n) is 24.9. The quantitative estimate of drug-likeness (QED) is 0.0997. The predicted molar refractivity (Wildman–Crippen MR) is 166 cm³/mol. The van der Waals surface area contributed by atoms with Gasteiger partial charge in [-0.2, -0.15) is 5.26 Å². The zero-order valence-corrected chi connectivity index (χ0v) is 28.3. The number of ketones is 1. The molecule has 0 aliphatic heterocycles. The van der Waals surface area contributed by atoms with Crippen molar-refractivity contribution in [2.24, 2.45) is 10.8 Å². The number of aromatic nitrogens is 1. The molecule has 211 valence electrons.